The summed E-state index contributed by atoms with van der Waals surface area (Å²) in [5, 5.41) is 10.6. The van der Waals surface area contributed by atoms with Gasteiger partial charge in [0.15, 0.2) is 12.2 Å². The Bertz CT molecular complexity index is 2630. The Labute approximate surface area is 642 Å². The molecule has 0 aliphatic carbocycles. The molecule has 5 unspecified atom stereocenters. The zero-order valence-electron chi connectivity index (χ0n) is 66.1. The van der Waals surface area contributed by atoms with E-state index in [0.717, 1.165) is 193 Å². The monoisotopic (exact) mass is 1520 g/mol. The first kappa shape index (κ1) is 101. The molecule has 0 amide bonds. The van der Waals surface area contributed by atoms with Crippen molar-refractivity contribution >= 4 is 39.5 Å². The first-order chi connectivity index (χ1) is 51.7. The molecular formula is C87H144O17P2. The summed E-state index contributed by atoms with van der Waals surface area (Å²) in [5.41, 5.74) is 0. The van der Waals surface area contributed by atoms with E-state index in [1.54, 1.807) is 12.2 Å². The highest BCUT2D eigenvalue weighted by Gasteiger charge is 2.30. The summed E-state index contributed by atoms with van der Waals surface area (Å²) in [4.78, 5) is 73.0. The molecule has 0 aliphatic rings. The molecule has 0 aromatic heterocycles. The number of hydrogen-bond donors (Lipinski definition) is 3. The summed E-state index contributed by atoms with van der Waals surface area (Å²) in [6.07, 6.45) is 91.0. The molecule has 0 aromatic carbocycles. The summed E-state index contributed by atoms with van der Waals surface area (Å²) < 4.78 is 68.5. The van der Waals surface area contributed by atoms with Gasteiger partial charge in [-0.25, -0.2) is 9.13 Å². The normalized spacial score (nSPS) is 14.7. The number of esters is 4. The second kappa shape index (κ2) is 77.8. The minimum absolute atomic E-state index is 0.0765. The van der Waals surface area contributed by atoms with Gasteiger partial charge in [-0.05, 0) is 148 Å². The summed E-state index contributed by atoms with van der Waals surface area (Å²) in [6.45, 7) is 4.39. The van der Waals surface area contributed by atoms with Crippen molar-refractivity contribution in [1.82, 2.24) is 0 Å². The predicted molar refractivity (Wildman–Crippen MR) is 436 cm³/mol. The number of hydrogen-bond acceptors (Lipinski definition) is 15. The number of rotatable bonds is 75. The molecule has 0 fully saturated rings. The van der Waals surface area contributed by atoms with Crippen LogP contribution in [-0.4, -0.2) is 96.7 Å². The van der Waals surface area contributed by atoms with Gasteiger partial charge in [0.05, 0.1) is 32.8 Å². The van der Waals surface area contributed by atoms with E-state index in [1.807, 2.05) is 12.2 Å². The van der Waals surface area contributed by atoms with Crippen molar-refractivity contribution in [1.29, 1.82) is 0 Å². The predicted octanol–water partition coefficient (Wildman–Crippen LogP) is 24.0. The van der Waals surface area contributed by atoms with E-state index in [1.165, 1.54) is 38.5 Å². The van der Waals surface area contributed by atoms with Gasteiger partial charge < -0.3 is 33.8 Å². The maximum Gasteiger partial charge on any atom is 0.472 e. The molecule has 19 heteroatoms. The SMILES string of the molecule is CC/C=C\C/C=C\C/C=C\C/C=C\C/C=C\CC(=O)OC(COC(=O)CCCCCCCC/C=C\C/C=C\C/C=C\C/C=C\CC)COP(=O)(O)OCC(O)COP(=O)(O)OCC(COC(=O)CCCCCCCCC/C=C\C/C=C\C/C=C\CC)OC(=O)CCCCCCC/C=C\CCCCCCCC. The fourth-order valence-electron chi connectivity index (χ4n) is 10.4. The third-order valence-electron chi connectivity index (χ3n) is 16.5. The van der Waals surface area contributed by atoms with Gasteiger partial charge in [0.25, 0.3) is 0 Å². The molecule has 0 saturated heterocycles. The second-order valence-electron chi connectivity index (χ2n) is 26.6. The summed E-state index contributed by atoms with van der Waals surface area (Å²) >= 11 is 0. The molecule has 5 atom stereocenters. The van der Waals surface area contributed by atoms with Crippen LogP contribution >= 0.6 is 15.6 Å². The number of aliphatic hydroxyl groups is 1. The minimum Gasteiger partial charge on any atom is -0.462 e. The fraction of sp³-hybridized carbons (Fsp3) is 0.655. The zero-order valence-corrected chi connectivity index (χ0v) is 67.8. The third kappa shape index (κ3) is 76.9. The van der Waals surface area contributed by atoms with Gasteiger partial charge in [-0.1, -0.05) is 295 Å². The van der Waals surface area contributed by atoms with Crippen molar-refractivity contribution in [2.75, 3.05) is 39.6 Å². The number of carbonyl (C=O) groups is 4. The summed E-state index contributed by atoms with van der Waals surface area (Å²) in [6, 6.07) is 0. The first-order valence-corrected chi connectivity index (χ1v) is 43.7. The highest BCUT2D eigenvalue weighted by Crippen LogP contribution is 2.45. The highest BCUT2D eigenvalue weighted by atomic mass is 31.2. The molecule has 604 valence electrons. The molecule has 0 aliphatic heterocycles. The van der Waals surface area contributed by atoms with E-state index in [9.17, 15) is 43.2 Å². The maximum atomic E-state index is 13.1. The van der Waals surface area contributed by atoms with E-state index in [4.69, 9.17) is 37.0 Å². The molecule has 0 saturated carbocycles. The van der Waals surface area contributed by atoms with Crippen molar-refractivity contribution in [3.63, 3.8) is 0 Å². The average Bonchev–Trinajstić information content (AvgIpc) is 0.902. The average molecular weight is 1520 g/mol. The van der Waals surface area contributed by atoms with Gasteiger partial charge in [0, 0.05) is 19.3 Å². The van der Waals surface area contributed by atoms with Gasteiger partial charge in [-0.2, -0.15) is 0 Å². The topological polar surface area (TPSA) is 237 Å². The maximum absolute atomic E-state index is 13.1. The lowest BCUT2D eigenvalue weighted by atomic mass is 10.1. The summed E-state index contributed by atoms with van der Waals surface area (Å²) in [5.74, 6) is -2.36. The van der Waals surface area contributed by atoms with E-state index in [0.29, 0.717) is 25.7 Å². The highest BCUT2D eigenvalue weighted by molar-refractivity contribution is 7.47. The Morgan fingerprint density at radius 2 is 0.528 bits per heavy atom. The number of ether oxygens (including phenoxy) is 4. The van der Waals surface area contributed by atoms with Gasteiger partial charge in [-0.15, -0.1) is 0 Å². The number of carbonyl (C=O) groups excluding carboxylic acids is 4. The van der Waals surface area contributed by atoms with Crippen molar-refractivity contribution in [2.24, 2.45) is 0 Å². The Morgan fingerprint density at radius 1 is 0.283 bits per heavy atom. The molecule has 0 bridgehead atoms. The van der Waals surface area contributed by atoms with Gasteiger partial charge in [-0.3, -0.25) is 37.3 Å². The van der Waals surface area contributed by atoms with E-state index >= 15 is 0 Å². The zero-order chi connectivity index (χ0) is 77.4. The lowest BCUT2D eigenvalue weighted by Crippen LogP contribution is -2.30. The van der Waals surface area contributed by atoms with Crippen LogP contribution in [0.25, 0.3) is 0 Å². The van der Waals surface area contributed by atoms with E-state index in [2.05, 4.69) is 161 Å². The van der Waals surface area contributed by atoms with Crippen molar-refractivity contribution in [3.8, 4) is 0 Å². The molecule has 0 radical (unpaired) electrons. The number of allylic oxidation sites excluding steroid dienone is 25. The smallest absolute Gasteiger partial charge is 0.462 e. The van der Waals surface area contributed by atoms with Crippen molar-refractivity contribution in [3.05, 3.63) is 158 Å². The number of unbranched alkanes of at least 4 members (excludes halogenated alkanes) is 24. The van der Waals surface area contributed by atoms with Gasteiger partial charge >= 0.3 is 39.5 Å². The largest absolute Gasteiger partial charge is 0.472 e. The van der Waals surface area contributed by atoms with Crippen LogP contribution in [0.3, 0.4) is 0 Å². The summed E-state index contributed by atoms with van der Waals surface area (Å²) in [7, 11) is -10.0. The molecule has 3 N–H and O–H groups in total. The molecule has 106 heavy (non-hydrogen) atoms. The Morgan fingerprint density at radius 3 is 0.849 bits per heavy atom. The van der Waals surface area contributed by atoms with Crippen molar-refractivity contribution < 1.29 is 80.2 Å². The van der Waals surface area contributed by atoms with Crippen molar-refractivity contribution in [2.45, 2.75) is 329 Å². The number of phosphoric acid groups is 2. The third-order valence-corrected chi connectivity index (χ3v) is 18.4. The lowest BCUT2D eigenvalue weighted by Gasteiger charge is -2.21. The van der Waals surface area contributed by atoms with Crippen LogP contribution in [0, 0.1) is 0 Å². The minimum atomic E-state index is -5.01. The molecular weight excluding hydrogens is 1380 g/mol. The Hall–Kier alpha value is -5.32. The second-order valence-corrected chi connectivity index (χ2v) is 29.5. The number of phosphoric ester groups is 2. The standard InChI is InChI=1S/C87H144O17P2/c1-5-9-13-17-21-25-29-33-37-39-40-42-46-48-52-56-60-64-68-72-85(90)98-78-83(104-87(92)74-70-66-62-58-54-50-44-36-32-28-24-20-16-12-8-4)80-102-106(95,96)100-76-81(88)75-99-105(93,94)101-79-82(103-86(91)73-69-65-61-57-53-49-43-35-31-27-23-19-15-11-7-3)77-97-84(89)71-67-63-59-55-51-47-45-41-38-34-30-26-22-18-14-10-6-2/h9-10,12-14,16,21-22,24-26,28,33-38,40,42-44,54,58,66,70,81-83,88H,5-8,11,15,17-20,23,27,29-32,39,41,45-53,55-57,59-65,67-69,71-80H2,1-4H3,(H,93,94)(H,95,96)/b13-9-,14-10-,16-12-,25-21-,26-22-,28-24-,37-33-,38-34-,42-40-,43-35-,44-36-,58-54-,70-66-. The van der Waals surface area contributed by atoms with Crippen LogP contribution in [0.2, 0.25) is 0 Å². The molecule has 0 rings (SSSR count). The molecule has 0 aromatic rings. The van der Waals surface area contributed by atoms with Crippen LogP contribution in [-0.2, 0) is 65.4 Å². The fourth-order valence-corrected chi connectivity index (χ4v) is 12.0. The Kier molecular flexibility index (Phi) is 73.9. The van der Waals surface area contributed by atoms with Gasteiger partial charge in [0.2, 0.25) is 0 Å². The van der Waals surface area contributed by atoms with Crippen LogP contribution < -0.4 is 0 Å². The molecule has 0 heterocycles. The van der Waals surface area contributed by atoms with Crippen LogP contribution in [0.5, 0.6) is 0 Å². The lowest BCUT2D eigenvalue weighted by molar-refractivity contribution is -0.161. The van der Waals surface area contributed by atoms with Gasteiger partial charge in [0.1, 0.15) is 19.3 Å². The molecule has 0 spiro atoms. The first-order valence-electron chi connectivity index (χ1n) is 40.7. The van der Waals surface area contributed by atoms with E-state index < -0.39 is 97.5 Å². The van der Waals surface area contributed by atoms with E-state index in [-0.39, 0.29) is 25.7 Å². The van der Waals surface area contributed by atoms with Crippen LogP contribution in [0.1, 0.15) is 310 Å². The number of aliphatic hydroxyl groups excluding tert-OH is 1. The quantitative estimate of drug-likeness (QED) is 0.0169. The van der Waals surface area contributed by atoms with Crippen LogP contribution in [0.15, 0.2) is 158 Å². The Balaban J connectivity index is 5.45. The molecule has 17 nitrogen and oxygen atoms in total. The van der Waals surface area contributed by atoms with Crippen LogP contribution in [0.4, 0.5) is 0 Å².